The number of anilines is 2. The average molecular weight is 285 g/mol. The zero-order valence-corrected chi connectivity index (χ0v) is 12.9. The van der Waals surface area contributed by atoms with Crippen LogP contribution in [0.4, 0.5) is 11.6 Å². The summed E-state index contributed by atoms with van der Waals surface area (Å²) in [5.41, 5.74) is 8.88. The maximum atomic E-state index is 5.80. The predicted octanol–water partition coefficient (Wildman–Crippen LogP) is 1.61. The van der Waals surface area contributed by atoms with Crippen LogP contribution in [0.1, 0.15) is 17.0 Å². The molecule has 21 heavy (non-hydrogen) atoms. The summed E-state index contributed by atoms with van der Waals surface area (Å²) in [6.07, 6.45) is 0.694. The summed E-state index contributed by atoms with van der Waals surface area (Å²) in [7, 11) is 4.00. The van der Waals surface area contributed by atoms with E-state index in [1.165, 1.54) is 0 Å². The molecule has 0 unspecified atom stereocenters. The quantitative estimate of drug-likeness (QED) is 0.844. The predicted molar refractivity (Wildman–Crippen MR) is 87.6 cm³/mol. The lowest BCUT2D eigenvalue weighted by Crippen LogP contribution is -2.27. The Bertz CT molecular complexity index is 577. The van der Waals surface area contributed by atoms with Gasteiger partial charge in [0.25, 0.3) is 0 Å². The Morgan fingerprint density at radius 2 is 2.00 bits per heavy atom. The van der Waals surface area contributed by atoms with Gasteiger partial charge in [-0.05, 0) is 43.8 Å². The van der Waals surface area contributed by atoms with E-state index in [4.69, 9.17) is 10.7 Å². The van der Waals surface area contributed by atoms with Crippen molar-refractivity contribution in [2.45, 2.75) is 13.3 Å². The topological polar surface area (TPSA) is 67.1 Å². The van der Waals surface area contributed by atoms with Crippen molar-refractivity contribution in [3.05, 3.63) is 47.3 Å². The maximum Gasteiger partial charge on any atom is 0.128 e. The first-order valence-electron chi connectivity index (χ1n) is 7.13. The van der Waals surface area contributed by atoms with Crippen molar-refractivity contribution in [2.24, 2.45) is 0 Å². The van der Waals surface area contributed by atoms with Crippen LogP contribution in [0.15, 0.2) is 30.3 Å². The molecule has 0 bridgehead atoms. The van der Waals surface area contributed by atoms with Crippen LogP contribution in [-0.2, 0) is 6.42 Å². The van der Waals surface area contributed by atoms with Gasteiger partial charge in [-0.25, -0.2) is 9.97 Å². The number of nitrogens with one attached hydrogen (secondary N) is 1. The molecule has 0 radical (unpaired) electrons. The minimum Gasteiger partial charge on any atom is -0.384 e. The number of nitrogens with zero attached hydrogens (tertiary/aromatic N) is 3. The Hall–Kier alpha value is -2.14. The van der Waals surface area contributed by atoms with Crippen molar-refractivity contribution in [1.82, 2.24) is 15.3 Å². The first-order valence-corrected chi connectivity index (χ1v) is 7.13. The molecular formula is C16H23N5. The van der Waals surface area contributed by atoms with Gasteiger partial charge < -0.3 is 16.0 Å². The molecule has 0 amide bonds. The fourth-order valence-electron chi connectivity index (χ4n) is 2.22. The van der Waals surface area contributed by atoms with Gasteiger partial charge in [-0.1, -0.05) is 6.07 Å². The zero-order chi connectivity index (χ0) is 15.2. The first kappa shape index (κ1) is 15.3. The molecule has 112 valence electrons. The van der Waals surface area contributed by atoms with Crippen molar-refractivity contribution in [3.8, 4) is 0 Å². The van der Waals surface area contributed by atoms with E-state index in [1.807, 2.05) is 45.3 Å². The highest BCUT2D eigenvalue weighted by Gasteiger charge is 2.05. The van der Waals surface area contributed by atoms with Crippen molar-refractivity contribution < 1.29 is 0 Å². The van der Waals surface area contributed by atoms with Gasteiger partial charge in [0.1, 0.15) is 11.6 Å². The van der Waals surface area contributed by atoms with Gasteiger partial charge in [0.05, 0.1) is 0 Å². The van der Waals surface area contributed by atoms with E-state index in [9.17, 15) is 0 Å². The van der Waals surface area contributed by atoms with Crippen LogP contribution in [0.5, 0.6) is 0 Å². The lowest BCUT2D eigenvalue weighted by atomic mass is 10.1. The molecule has 5 nitrogen and oxygen atoms in total. The molecule has 0 fully saturated rings. The van der Waals surface area contributed by atoms with E-state index in [-0.39, 0.29) is 0 Å². The van der Waals surface area contributed by atoms with Gasteiger partial charge in [-0.15, -0.1) is 0 Å². The Kier molecular flexibility index (Phi) is 5.11. The van der Waals surface area contributed by atoms with Crippen LogP contribution in [0.2, 0.25) is 0 Å². The van der Waals surface area contributed by atoms with Crippen LogP contribution >= 0.6 is 0 Å². The normalized spacial score (nSPS) is 10.6. The van der Waals surface area contributed by atoms with Gasteiger partial charge in [-0.2, -0.15) is 0 Å². The Morgan fingerprint density at radius 3 is 2.71 bits per heavy atom. The van der Waals surface area contributed by atoms with Gasteiger partial charge in [0.15, 0.2) is 0 Å². The van der Waals surface area contributed by atoms with Crippen molar-refractivity contribution in [1.29, 1.82) is 0 Å². The first-order chi connectivity index (χ1) is 10.1. The highest BCUT2D eigenvalue weighted by molar-refractivity contribution is 5.40. The van der Waals surface area contributed by atoms with Gasteiger partial charge in [0, 0.05) is 37.9 Å². The van der Waals surface area contributed by atoms with Gasteiger partial charge in [0.2, 0.25) is 0 Å². The molecule has 0 saturated heterocycles. The monoisotopic (exact) mass is 285 g/mol. The number of hydrogen-bond donors (Lipinski definition) is 2. The van der Waals surface area contributed by atoms with E-state index >= 15 is 0 Å². The molecular weight excluding hydrogens is 262 g/mol. The van der Waals surface area contributed by atoms with Crippen molar-refractivity contribution in [2.75, 3.05) is 37.8 Å². The molecule has 0 aliphatic carbocycles. The summed E-state index contributed by atoms with van der Waals surface area (Å²) in [5.74, 6) is 1.54. The van der Waals surface area contributed by atoms with E-state index < -0.39 is 0 Å². The largest absolute Gasteiger partial charge is 0.384 e. The molecule has 2 rings (SSSR count). The third-order valence-corrected chi connectivity index (χ3v) is 3.29. The second kappa shape index (κ2) is 7.04. The Labute approximate surface area is 126 Å². The molecule has 5 heteroatoms. The molecule has 2 heterocycles. The Balaban J connectivity index is 2.13. The molecule has 3 N–H and O–H groups in total. The molecule has 2 aromatic rings. The van der Waals surface area contributed by atoms with Crippen LogP contribution < -0.4 is 16.0 Å². The van der Waals surface area contributed by atoms with Gasteiger partial charge >= 0.3 is 0 Å². The van der Waals surface area contributed by atoms with Crippen LogP contribution in [0.25, 0.3) is 0 Å². The summed E-state index contributed by atoms with van der Waals surface area (Å²) in [4.78, 5) is 11.2. The van der Waals surface area contributed by atoms with Crippen LogP contribution in [0, 0.1) is 6.92 Å². The summed E-state index contributed by atoms with van der Waals surface area (Å²) in [5, 5.41) is 3.14. The average Bonchev–Trinajstić information content (AvgIpc) is 2.44. The lowest BCUT2D eigenvalue weighted by Gasteiger charge is -2.18. The number of aromatic nitrogens is 2. The molecule has 2 aromatic heterocycles. The van der Waals surface area contributed by atoms with E-state index in [1.54, 1.807) is 0 Å². The highest BCUT2D eigenvalue weighted by Crippen LogP contribution is 2.14. The van der Waals surface area contributed by atoms with Gasteiger partial charge in [-0.3, -0.25) is 0 Å². The number of aryl methyl sites for hydroxylation is 1. The SMILES string of the molecule is CNCCN(C)c1cccc(Cc2cc(C)cc(N)n2)n1. The molecule has 0 aromatic carbocycles. The smallest absolute Gasteiger partial charge is 0.128 e. The second-order valence-electron chi connectivity index (χ2n) is 5.25. The standard InChI is InChI=1S/C16H23N5/c1-12-9-14(19-15(17)10-12)11-13-5-4-6-16(20-13)21(3)8-7-18-2/h4-6,9-10,18H,7-8,11H2,1-3H3,(H2,17,19). The fourth-order valence-corrected chi connectivity index (χ4v) is 2.22. The molecule has 0 spiro atoms. The summed E-state index contributed by atoms with van der Waals surface area (Å²) in [6, 6.07) is 10.0. The minimum absolute atomic E-state index is 0.562. The summed E-state index contributed by atoms with van der Waals surface area (Å²) in [6.45, 7) is 3.87. The summed E-state index contributed by atoms with van der Waals surface area (Å²) < 4.78 is 0. The zero-order valence-electron chi connectivity index (χ0n) is 12.9. The highest BCUT2D eigenvalue weighted by atomic mass is 15.2. The third kappa shape index (κ3) is 4.43. The Morgan fingerprint density at radius 1 is 1.19 bits per heavy atom. The van der Waals surface area contributed by atoms with E-state index in [0.29, 0.717) is 12.2 Å². The number of nitrogens with two attached hydrogens (primary N) is 1. The molecule has 0 aliphatic heterocycles. The molecule has 0 saturated carbocycles. The number of nitrogen functional groups attached to an aromatic ring is 1. The molecule has 0 atom stereocenters. The minimum atomic E-state index is 0.562. The number of likely N-dealkylation sites (N-methyl/N-ethyl adjacent to an activating group) is 2. The second-order valence-corrected chi connectivity index (χ2v) is 5.25. The van der Waals surface area contributed by atoms with Crippen molar-refractivity contribution in [3.63, 3.8) is 0 Å². The molecule has 0 aliphatic rings. The number of rotatable bonds is 6. The maximum absolute atomic E-state index is 5.80. The van der Waals surface area contributed by atoms with Crippen LogP contribution in [-0.4, -0.2) is 37.2 Å². The van der Waals surface area contributed by atoms with Crippen molar-refractivity contribution >= 4 is 11.6 Å². The number of pyridine rings is 2. The third-order valence-electron chi connectivity index (χ3n) is 3.29. The summed E-state index contributed by atoms with van der Waals surface area (Å²) >= 11 is 0. The van der Waals surface area contributed by atoms with E-state index in [0.717, 1.165) is 35.9 Å². The van der Waals surface area contributed by atoms with Crippen LogP contribution in [0.3, 0.4) is 0 Å². The van der Waals surface area contributed by atoms with E-state index in [2.05, 4.69) is 21.3 Å². The fraction of sp³-hybridized carbons (Fsp3) is 0.375. The number of hydrogen-bond acceptors (Lipinski definition) is 5. The lowest BCUT2D eigenvalue weighted by molar-refractivity contribution is 0.759.